The van der Waals surface area contributed by atoms with Crippen LogP contribution >= 0.6 is 11.8 Å². The van der Waals surface area contributed by atoms with Crippen molar-refractivity contribution in [3.63, 3.8) is 0 Å². The van der Waals surface area contributed by atoms with Gasteiger partial charge in [0.1, 0.15) is 0 Å². The summed E-state index contributed by atoms with van der Waals surface area (Å²) in [5.74, 6) is 0.637. The summed E-state index contributed by atoms with van der Waals surface area (Å²) in [7, 11) is 0. The second-order valence-electron chi connectivity index (χ2n) is 6.67. The number of aromatic nitrogens is 2. The first-order chi connectivity index (χ1) is 12.1. The summed E-state index contributed by atoms with van der Waals surface area (Å²) in [6.45, 7) is 10.1. The highest BCUT2D eigenvalue weighted by Crippen LogP contribution is 2.23. The topological polar surface area (TPSA) is 41.4 Å². The molecular weight excluding hydrogens is 332 g/mol. The lowest BCUT2D eigenvalue weighted by Crippen LogP contribution is -2.51. The van der Waals surface area contributed by atoms with Crippen molar-refractivity contribution < 1.29 is 4.79 Å². The van der Waals surface area contributed by atoms with Crippen molar-refractivity contribution in [2.24, 2.45) is 0 Å². The third-order valence-corrected chi connectivity index (χ3v) is 5.66. The van der Waals surface area contributed by atoms with Gasteiger partial charge in [-0.2, -0.15) is 0 Å². The molecule has 0 aliphatic carbocycles. The molecule has 1 saturated heterocycles. The summed E-state index contributed by atoms with van der Waals surface area (Å²) >= 11 is 1.51. The molecule has 1 fully saturated rings. The number of para-hydroxylation sites is 1. The van der Waals surface area contributed by atoms with Gasteiger partial charge in [-0.3, -0.25) is 14.3 Å². The van der Waals surface area contributed by atoms with Gasteiger partial charge in [-0.1, -0.05) is 30.0 Å². The van der Waals surface area contributed by atoms with Crippen LogP contribution in [0.2, 0.25) is 0 Å². The molecule has 3 rings (SSSR count). The number of carbonyl (C=O) groups is 1. The molecule has 2 heterocycles. The van der Waals surface area contributed by atoms with E-state index in [1.807, 2.05) is 23.2 Å². The van der Waals surface area contributed by atoms with E-state index in [9.17, 15) is 4.79 Å². The number of rotatable bonds is 5. The number of aryl methyl sites for hydroxylation is 1. The number of benzene rings is 1. The average molecular weight is 359 g/mol. The first-order valence-corrected chi connectivity index (χ1v) is 9.79. The minimum atomic E-state index is 0.202. The van der Waals surface area contributed by atoms with Gasteiger partial charge in [0.15, 0.2) is 5.16 Å². The Morgan fingerprint density at radius 2 is 1.92 bits per heavy atom. The summed E-state index contributed by atoms with van der Waals surface area (Å²) in [6, 6.07) is 8.77. The van der Waals surface area contributed by atoms with Crippen LogP contribution in [0.4, 0.5) is 0 Å². The minimum Gasteiger partial charge on any atom is -0.339 e. The molecule has 25 heavy (non-hydrogen) atoms. The number of nitrogens with zero attached hydrogens (tertiary/aromatic N) is 4. The van der Waals surface area contributed by atoms with Crippen molar-refractivity contribution in [1.82, 2.24) is 19.4 Å². The minimum absolute atomic E-state index is 0.202. The first kappa shape index (κ1) is 18.0. The van der Waals surface area contributed by atoms with E-state index in [4.69, 9.17) is 0 Å². The molecule has 5 nitrogen and oxygen atoms in total. The quantitative estimate of drug-likeness (QED) is 0.771. The van der Waals surface area contributed by atoms with Gasteiger partial charge >= 0.3 is 0 Å². The molecule has 0 unspecified atom stereocenters. The van der Waals surface area contributed by atoms with Crippen LogP contribution in [-0.2, 0) is 4.79 Å². The molecule has 0 radical (unpaired) electrons. The van der Waals surface area contributed by atoms with Gasteiger partial charge < -0.3 is 4.90 Å². The van der Waals surface area contributed by atoms with E-state index in [0.29, 0.717) is 11.8 Å². The maximum absolute atomic E-state index is 12.5. The Bertz CT molecular complexity index is 720. The molecule has 6 heteroatoms. The molecule has 1 aliphatic rings. The predicted octanol–water partition coefficient (Wildman–Crippen LogP) is 2.83. The van der Waals surface area contributed by atoms with Gasteiger partial charge in [0.05, 0.1) is 11.4 Å². The smallest absolute Gasteiger partial charge is 0.233 e. The van der Waals surface area contributed by atoms with Crippen molar-refractivity contribution >= 4 is 17.7 Å². The van der Waals surface area contributed by atoms with Crippen LogP contribution in [0.5, 0.6) is 0 Å². The van der Waals surface area contributed by atoms with Gasteiger partial charge in [-0.15, -0.1) is 0 Å². The largest absolute Gasteiger partial charge is 0.339 e. The van der Waals surface area contributed by atoms with E-state index in [2.05, 4.69) is 47.4 Å². The fourth-order valence-corrected chi connectivity index (χ4v) is 3.99. The number of imidazole rings is 1. The molecule has 0 saturated carbocycles. The molecule has 0 spiro atoms. The number of hydrogen-bond donors (Lipinski definition) is 0. The highest BCUT2D eigenvalue weighted by Gasteiger charge is 2.22. The lowest BCUT2D eigenvalue weighted by atomic mass is 10.2. The van der Waals surface area contributed by atoms with E-state index in [1.165, 1.54) is 17.3 Å². The molecule has 1 aliphatic heterocycles. The normalized spacial score (nSPS) is 15.8. The third kappa shape index (κ3) is 4.25. The second kappa shape index (κ2) is 8.06. The van der Waals surface area contributed by atoms with Crippen LogP contribution in [0.25, 0.3) is 5.69 Å². The van der Waals surface area contributed by atoms with Crippen LogP contribution in [0.3, 0.4) is 0 Å². The van der Waals surface area contributed by atoms with Gasteiger partial charge in [0, 0.05) is 44.6 Å². The Labute approximate surface area is 154 Å². The van der Waals surface area contributed by atoms with Gasteiger partial charge in [0.2, 0.25) is 5.91 Å². The zero-order valence-electron chi connectivity index (χ0n) is 15.2. The average Bonchev–Trinajstić information content (AvgIpc) is 3.08. The summed E-state index contributed by atoms with van der Waals surface area (Å²) < 4.78 is 2.06. The zero-order valence-corrected chi connectivity index (χ0v) is 16.0. The molecule has 0 bridgehead atoms. The van der Waals surface area contributed by atoms with E-state index in [1.54, 1.807) is 6.20 Å². The van der Waals surface area contributed by atoms with Gasteiger partial charge in [-0.05, 0) is 32.4 Å². The fourth-order valence-electron chi connectivity index (χ4n) is 3.12. The SMILES string of the molecule is Cc1ccccc1-n1ccnc1SCC(=O)N1CCN(C(C)C)CC1. The van der Waals surface area contributed by atoms with Crippen LogP contribution in [0.15, 0.2) is 41.8 Å². The Balaban J connectivity index is 1.59. The van der Waals surface area contributed by atoms with E-state index < -0.39 is 0 Å². The highest BCUT2D eigenvalue weighted by molar-refractivity contribution is 7.99. The van der Waals surface area contributed by atoms with Crippen molar-refractivity contribution in [1.29, 1.82) is 0 Å². The van der Waals surface area contributed by atoms with Crippen LogP contribution in [0, 0.1) is 6.92 Å². The lowest BCUT2D eigenvalue weighted by molar-refractivity contribution is -0.130. The molecule has 0 atom stereocenters. The number of amides is 1. The Morgan fingerprint density at radius 1 is 1.20 bits per heavy atom. The number of hydrogen-bond acceptors (Lipinski definition) is 4. The van der Waals surface area contributed by atoms with E-state index >= 15 is 0 Å². The third-order valence-electron chi connectivity index (χ3n) is 4.70. The zero-order chi connectivity index (χ0) is 17.8. The van der Waals surface area contributed by atoms with Crippen molar-refractivity contribution in [3.05, 3.63) is 42.2 Å². The monoisotopic (exact) mass is 358 g/mol. The van der Waals surface area contributed by atoms with Crippen molar-refractivity contribution in [3.8, 4) is 5.69 Å². The standard InChI is InChI=1S/C19H26N4OS/c1-15(2)21-10-12-22(13-11-21)18(24)14-25-19-20-8-9-23(19)17-7-5-4-6-16(17)3/h4-9,15H,10-14H2,1-3H3. The number of piperazine rings is 1. The number of carbonyl (C=O) groups excluding carboxylic acids is 1. The molecule has 134 valence electrons. The summed E-state index contributed by atoms with van der Waals surface area (Å²) in [5, 5.41) is 0.864. The van der Waals surface area contributed by atoms with E-state index in [0.717, 1.165) is 37.0 Å². The maximum atomic E-state index is 12.5. The molecule has 1 aromatic heterocycles. The fraction of sp³-hybridized carbons (Fsp3) is 0.474. The van der Waals surface area contributed by atoms with Gasteiger partial charge in [0.25, 0.3) is 0 Å². The molecule has 1 amide bonds. The first-order valence-electron chi connectivity index (χ1n) is 8.80. The van der Waals surface area contributed by atoms with Crippen LogP contribution < -0.4 is 0 Å². The van der Waals surface area contributed by atoms with Crippen LogP contribution in [0.1, 0.15) is 19.4 Å². The highest BCUT2D eigenvalue weighted by atomic mass is 32.2. The number of thioether (sulfide) groups is 1. The lowest BCUT2D eigenvalue weighted by Gasteiger charge is -2.36. The molecule has 0 N–H and O–H groups in total. The Kier molecular flexibility index (Phi) is 5.81. The van der Waals surface area contributed by atoms with Crippen LogP contribution in [-0.4, -0.2) is 63.2 Å². The van der Waals surface area contributed by atoms with Crippen molar-refractivity contribution in [2.75, 3.05) is 31.9 Å². The maximum Gasteiger partial charge on any atom is 0.233 e. The molecule has 1 aromatic carbocycles. The van der Waals surface area contributed by atoms with Crippen molar-refractivity contribution in [2.45, 2.75) is 32.0 Å². The molecule has 2 aromatic rings. The molecular formula is C19H26N4OS. The summed E-state index contributed by atoms with van der Waals surface area (Å²) in [4.78, 5) is 21.4. The Hall–Kier alpha value is -1.79. The van der Waals surface area contributed by atoms with Gasteiger partial charge in [-0.25, -0.2) is 4.98 Å². The Morgan fingerprint density at radius 3 is 2.60 bits per heavy atom. The summed E-state index contributed by atoms with van der Waals surface area (Å²) in [5.41, 5.74) is 2.30. The summed E-state index contributed by atoms with van der Waals surface area (Å²) in [6.07, 6.45) is 3.75. The van der Waals surface area contributed by atoms with E-state index in [-0.39, 0.29) is 5.91 Å². The second-order valence-corrected chi connectivity index (χ2v) is 7.61. The predicted molar refractivity (Wildman–Crippen MR) is 102 cm³/mol.